The van der Waals surface area contributed by atoms with Gasteiger partial charge in [0.15, 0.2) is 5.69 Å². The van der Waals surface area contributed by atoms with Gasteiger partial charge in [0.25, 0.3) is 0 Å². The molecule has 0 aliphatic heterocycles. The van der Waals surface area contributed by atoms with Crippen LogP contribution in [0.3, 0.4) is 0 Å². The molecule has 0 saturated carbocycles. The van der Waals surface area contributed by atoms with E-state index in [0.29, 0.717) is 12.2 Å². The Morgan fingerprint density at radius 1 is 1.43 bits per heavy atom. The number of thiazole rings is 1. The topological polar surface area (TPSA) is 69.9 Å². The third-order valence-electron chi connectivity index (χ3n) is 2.79. The zero-order valence-electron chi connectivity index (χ0n) is 13.0. The van der Waals surface area contributed by atoms with E-state index in [1.165, 1.54) is 0 Å². The van der Waals surface area contributed by atoms with E-state index < -0.39 is 11.6 Å². The van der Waals surface area contributed by atoms with Gasteiger partial charge in [0, 0.05) is 5.38 Å². The lowest BCUT2D eigenvalue weighted by Gasteiger charge is -2.18. The maximum atomic E-state index is 12.0. The molecule has 0 atom stereocenters. The predicted octanol–water partition coefficient (Wildman–Crippen LogP) is 2.61. The van der Waals surface area contributed by atoms with Crippen LogP contribution in [0.1, 0.15) is 54.6 Å². The van der Waals surface area contributed by atoms with Gasteiger partial charge in [-0.1, -0.05) is 12.1 Å². The largest absolute Gasteiger partial charge is 0.455 e. The molecule has 0 aliphatic rings. The van der Waals surface area contributed by atoms with E-state index in [1.807, 2.05) is 33.1 Å². The Bertz CT molecular complexity index is 640. The van der Waals surface area contributed by atoms with Crippen molar-refractivity contribution in [3.8, 4) is 0 Å². The van der Waals surface area contributed by atoms with Gasteiger partial charge in [0.05, 0.1) is 22.9 Å². The molecule has 0 spiro atoms. The third-order valence-corrected chi connectivity index (χ3v) is 3.83. The SMILES string of the molecule is CCc1nc(Cn2nnc(C(=O)OC(C)(C)C)c2C)cs1. The van der Waals surface area contributed by atoms with Crippen molar-refractivity contribution < 1.29 is 9.53 Å². The Labute approximate surface area is 128 Å². The summed E-state index contributed by atoms with van der Waals surface area (Å²) < 4.78 is 7.00. The fraction of sp³-hybridized carbons (Fsp3) is 0.571. The van der Waals surface area contributed by atoms with Crippen molar-refractivity contribution in [1.29, 1.82) is 0 Å². The normalized spacial score (nSPS) is 11.7. The van der Waals surface area contributed by atoms with Crippen LogP contribution in [0.25, 0.3) is 0 Å². The van der Waals surface area contributed by atoms with Gasteiger partial charge in [-0.2, -0.15) is 0 Å². The number of ether oxygens (including phenoxy) is 1. The van der Waals surface area contributed by atoms with Crippen LogP contribution in [0, 0.1) is 6.92 Å². The van der Waals surface area contributed by atoms with Crippen molar-refractivity contribution in [3.63, 3.8) is 0 Å². The summed E-state index contributed by atoms with van der Waals surface area (Å²) in [5.74, 6) is -0.446. The lowest BCUT2D eigenvalue weighted by molar-refractivity contribution is 0.00619. The fourth-order valence-electron chi connectivity index (χ4n) is 1.76. The molecule has 0 unspecified atom stereocenters. The number of hydrogen-bond acceptors (Lipinski definition) is 6. The Morgan fingerprint density at radius 3 is 2.71 bits per heavy atom. The molecule has 2 rings (SSSR count). The number of aromatic nitrogens is 4. The van der Waals surface area contributed by atoms with E-state index in [9.17, 15) is 4.79 Å². The molecule has 0 N–H and O–H groups in total. The van der Waals surface area contributed by atoms with Crippen molar-refractivity contribution >= 4 is 17.3 Å². The molecule has 0 fully saturated rings. The number of carbonyl (C=O) groups is 1. The average Bonchev–Trinajstić information content (AvgIpc) is 2.96. The molecule has 2 aromatic heterocycles. The smallest absolute Gasteiger partial charge is 0.361 e. The minimum Gasteiger partial charge on any atom is -0.455 e. The summed E-state index contributed by atoms with van der Waals surface area (Å²) in [6.07, 6.45) is 0.921. The van der Waals surface area contributed by atoms with Crippen molar-refractivity contribution in [2.45, 2.75) is 53.2 Å². The number of aryl methyl sites for hydroxylation is 1. The third kappa shape index (κ3) is 3.87. The highest BCUT2D eigenvalue weighted by Crippen LogP contribution is 2.15. The number of hydrogen-bond donors (Lipinski definition) is 0. The molecular weight excluding hydrogens is 288 g/mol. The highest BCUT2D eigenvalue weighted by molar-refractivity contribution is 7.09. The average molecular weight is 308 g/mol. The highest BCUT2D eigenvalue weighted by atomic mass is 32.1. The molecule has 2 heterocycles. The first kappa shape index (κ1) is 15.6. The van der Waals surface area contributed by atoms with Crippen molar-refractivity contribution in [2.75, 3.05) is 0 Å². The minimum absolute atomic E-state index is 0.260. The van der Waals surface area contributed by atoms with Gasteiger partial charge in [-0.3, -0.25) is 0 Å². The quantitative estimate of drug-likeness (QED) is 0.812. The van der Waals surface area contributed by atoms with Crippen LogP contribution >= 0.6 is 11.3 Å². The standard InChI is InChI=1S/C14H20N4O2S/c1-6-11-15-10(8-21-11)7-18-9(2)12(16-17-18)13(19)20-14(3,4)5/h8H,6-7H2,1-5H3. The van der Waals surface area contributed by atoms with Crippen LogP contribution in [-0.2, 0) is 17.7 Å². The zero-order chi connectivity index (χ0) is 15.6. The van der Waals surface area contributed by atoms with Gasteiger partial charge in [-0.25, -0.2) is 14.5 Å². The summed E-state index contributed by atoms with van der Waals surface area (Å²) in [6.45, 7) is 9.87. The molecule has 2 aromatic rings. The van der Waals surface area contributed by atoms with Gasteiger partial charge in [0.1, 0.15) is 5.60 Å². The predicted molar refractivity (Wildman–Crippen MR) is 80.5 cm³/mol. The van der Waals surface area contributed by atoms with E-state index in [0.717, 1.165) is 17.1 Å². The number of carbonyl (C=O) groups excluding carboxylic acids is 1. The van der Waals surface area contributed by atoms with Crippen LogP contribution in [-0.4, -0.2) is 31.5 Å². The molecule has 0 radical (unpaired) electrons. The van der Waals surface area contributed by atoms with E-state index in [4.69, 9.17) is 4.74 Å². The van der Waals surface area contributed by atoms with Gasteiger partial charge < -0.3 is 4.74 Å². The number of nitrogens with zero attached hydrogens (tertiary/aromatic N) is 4. The van der Waals surface area contributed by atoms with Crippen LogP contribution in [0.15, 0.2) is 5.38 Å². The lowest BCUT2D eigenvalue weighted by atomic mass is 10.2. The molecule has 0 amide bonds. The maximum absolute atomic E-state index is 12.0. The monoisotopic (exact) mass is 308 g/mol. The summed E-state index contributed by atoms with van der Waals surface area (Å²) in [5, 5.41) is 11.1. The first-order valence-corrected chi connectivity index (χ1v) is 7.75. The van der Waals surface area contributed by atoms with Crippen LogP contribution < -0.4 is 0 Å². The van der Waals surface area contributed by atoms with E-state index in [-0.39, 0.29) is 5.69 Å². The van der Waals surface area contributed by atoms with Crippen molar-refractivity contribution in [1.82, 2.24) is 20.0 Å². The second-order valence-corrected chi connectivity index (χ2v) is 6.71. The summed E-state index contributed by atoms with van der Waals surface area (Å²) in [6, 6.07) is 0. The van der Waals surface area contributed by atoms with Crippen molar-refractivity contribution in [2.24, 2.45) is 0 Å². The van der Waals surface area contributed by atoms with Gasteiger partial charge >= 0.3 is 5.97 Å². The molecule has 7 heteroatoms. The number of rotatable bonds is 4. The Morgan fingerprint density at radius 2 is 2.14 bits per heavy atom. The second kappa shape index (κ2) is 5.93. The first-order valence-electron chi connectivity index (χ1n) is 6.87. The molecule has 0 saturated heterocycles. The second-order valence-electron chi connectivity index (χ2n) is 5.77. The van der Waals surface area contributed by atoms with E-state index in [2.05, 4.69) is 22.2 Å². The molecule has 0 aromatic carbocycles. The summed E-state index contributed by atoms with van der Waals surface area (Å²) in [4.78, 5) is 16.5. The Kier molecular flexibility index (Phi) is 4.41. The molecule has 0 aliphatic carbocycles. The molecule has 114 valence electrons. The van der Waals surface area contributed by atoms with Crippen molar-refractivity contribution in [3.05, 3.63) is 27.5 Å². The summed E-state index contributed by atoms with van der Waals surface area (Å²) in [7, 11) is 0. The summed E-state index contributed by atoms with van der Waals surface area (Å²) >= 11 is 1.63. The van der Waals surface area contributed by atoms with E-state index in [1.54, 1.807) is 16.0 Å². The summed E-state index contributed by atoms with van der Waals surface area (Å²) in [5.41, 5.74) is 1.34. The highest BCUT2D eigenvalue weighted by Gasteiger charge is 2.23. The fourth-order valence-corrected chi connectivity index (χ4v) is 2.50. The number of esters is 1. The Hall–Kier alpha value is -1.76. The Balaban J connectivity index is 2.15. The molecule has 6 nitrogen and oxygen atoms in total. The van der Waals surface area contributed by atoms with Crippen LogP contribution in [0.2, 0.25) is 0 Å². The molecule has 21 heavy (non-hydrogen) atoms. The molecule has 0 bridgehead atoms. The van der Waals surface area contributed by atoms with E-state index >= 15 is 0 Å². The van der Waals surface area contributed by atoms with Gasteiger partial charge in [0.2, 0.25) is 0 Å². The zero-order valence-corrected chi connectivity index (χ0v) is 13.8. The molecular formula is C14H20N4O2S. The minimum atomic E-state index is -0.543. The van der Waals surface area contributed by atoms with Crippen LogP contribution in [0.5, 0.6) is 0 Å². The van der Waals surface area contributed by atoms with Gasteiger partial charge in [-0.05, 0) is 34.1 Å². The maximum Gasteiger partial charge on any atom is 0.361 e. The van der Waals surface area contributed by atoms with Crippen LogP contribution in [0.4, 0.5) is 0 Å². The van der Waals surface area contributed by atoms with Gasteiger partial charge in [-0.15, -0.1) is 16.4 Å². The first-order chi connectivity index (χ1) is 9.80. The lowest BCUT2D eigenvalue weighted by Crippen LogP contribution is -2.24.